The highest BCUT2D eigenvalue weighted by Crippen LogP contribution is 2.28. The highest BCUT2D eigenvalue weighted by Gasteiger charge is 2.35. The Balaban J connectivity index is 1.91. The zero-order valence-corrected chi connectivity index (χ0v) is 11.5. The first-order valence-electron chi connectivity index (χ1n) is 7.26. The molecule has 19 heavy (non-hydrogen) atoms. The molecular weight excluding hydrogens is 242 g/mol. The first-order chi connectivity index (χ1) is 9.08. The molecule has 2 N–H and O–H groups in total. The van der Waals surface area contributed by atoms with Gasteiger partial charge >= 0.3 is 5.97 Å². The second kappa shape index (κ2) is 6.22. The van der Waals surface area contributed by atoms with E-state index in [2.05, 4.69) is 12.2 Å². The molecule has 2 rings (SSSR count). The SMILES string of the molecule is CC1CCC(NC(=O)[C@H]2CC=CC[C@H]2C(=O)O)CC1. The molecular formula is C15H23NO3. The van der Waals surface area contributed by atoms with E-state index in [4.69, 9.17) is 0 Å². The number of carbonyl (C=O) groups is 2. The summed E-state index contributed by atoms with van der Waals surface area (Å²) in [5.74, 6) is -1.15. The molecule has 0 radical (unpaired) electrons. The van der Waals surface area contributed by atoms with Crippen molar-refractivity contribution in [2.75, 3.05) is 0 Å². The van der Waals surface area contributed by atoms with Crippen LogP contribution in [0.25, 0.3) is 0 Å². The number of hydrogen-bond donors (Lipinski definition) is 2. The second-order valence-electron chi connectivity index (χ2n) is 5.96. The highest BCUT2D eigenvalue weighted by molar-refractivity contribution is 5.85. The highest BCUT2D eigenvalue weighted by atomic mass is 16.4. The Morgan fingerprint density at radius 1 is 1.05 bits per heavy atom. The zero-order chi connectivity index (χ0) is 13.8. The van der Waals surface area contributed by atoms with E-state index in [1.165, 1.54) is 0 Å². The number of carbonyl (C=O) groups excluding carboxylic acids is 1. The number of rotatable bonds is 3. The lowest BCUT2D eigenvalue weighted by atomic mass is 9.81. The lowest BCUT2D eigenvalue weighted by Gasteiger charge is -2.30. The van der Waals surface area contributed by atoms with Crippen LogP contribution in [-0.2, 0) is 9.59 Å². The van der Waals surface area contributed by atoms with E-state index < -0.39 is 17.8 Å². The summed E-state index contributed by atoms with van der Waals surface area (Å²) in [5, 5.41) is 12.2. The quantitative estimate of drug-likeness (QED) is 0.770. The molecule has 0 heterocycles. The summed E-state index contributed by atoms with van der Waals surface area (Å²) < 4.78 is 0. The maximum absolute atomic E-state index is 12.3. The number of nitrogens with one attached hydrogen (secondary N) is 1. The molecule has 1 fully saturated rings. The normalized spacial score (nSPS) is 34.8. The van der Waals surface area contributed by atoms with Crippen molar-refractivity contribution in [1.82, 2.24) is 5.32 Å². The molecule has 2 atom stereocenters. The molecule has 0 spiro atoms. The Morgan fingerprint density at radius 2 is 1.63 bits per heavy atom. The number of carboxylic acid groups (broad SMARTS) is 1. The molecule has 0 aromatic carbocycles. The zero-order valence-electron chi connectivity index (χ0n) is 11.5. The summed E-state index contributed by atoms with van der Waals surface area (Å²) in [6.07, 6.45) is 9.15. The van der Waals surface area contributed by atoms with Crippen LogP contribution in [0, 0.1) is 17.8 Å². The van der Waals surface area contributed by atoms with Gasteiger partial charge in [0.15, 0.2) is 0 Å². The van der Waals surface area contributed by atoms with Crippen molar-refractivity contribution in [2.24, 2.45) is 17.8 Å². The summed E-state index contributed by atoms with van der Waals surface area (Å²) in [6.45, 7) is 2.24. The van der Waals surface area contributed by atoms with E-state index in [0.29, 0.717) is 12.8 Å². The minimum atomic E-state index is -0.859. The van der Waals surface area contributed by atoms with Crippen LogP contribution in [0.3, 0.4) is 0 Å². The molecule has 0 saturated heterocycles. The van der Waals surface area contributed by atoms with Crippen LogP contribution in [0.1, 0.15) is 45.4 Å². The molecule has 0 aromatic rings. The molecule has 0 bridgehead atoms. The van der Waals surface area contributed by atoms with Crippen LogP contribution < -0.4 is 5.32 Å². The third-order valence-electron chi connectivity index (χ3n) is 4.45. The second-order valence-corrected chi connectivity index (χ2v) is 5.96. The first-order valence-corrected chi connectivity index (χ1v) is 7.26. The number of amides is 1. The van der Waals surface area contributed by atoms with Gasteiger partial charge in [0, 0.05) is 6.04 Å². The van der Waals surface area contributed by atoms with Crippen LogP contribution in [-0.4, -0.2) is 23.0 Å². The van der Waals surface area contributed by atoms with E-state index in [1.807, 2.05) is 12.2 Å². The van der Waals surface area contributed by atoms with Crippen molar-refractivity contribution in [3.8, 4) is 0 Å². The standard InChI is InChI=1S/C15H23NO3/c1-10-6-8-11(9-7-10)16-14(17)12-4-2-3-5-13(12)15(18)19/h2-3,10-13H,4-9H2,1H3,(H,16,17)(H,18,19)/t10?,11?,12-,13+/m0/s1. The number of aliphatic carboxylic acids is 1. The van der Waals surface area contributed by atoms with Crippen LogP contribution in [0.2, 0.25) is 0 Å². The fourth-order valence-corrected chi connectivity index (χ4v) is 3.09. The molecule has 4 nitrogen and oxygen atoms in total. The van der Waals surface area contributed by atoms with Gasteiger partial charge in [0.2, 0.25) is 5.91 Å². The average Bonchev–Trinajstić information content (AvgIpc) is 2.41. The smallest absolute Gasteiger partial charge is 0.307 e. The van der Waals surface area contributed by atoms with Gasteiger partial charge in [-0.15, -0.1) is 0 Å². The molecule has 0 unspecified atom stereocenters. The molecule has 2 aliphatic carbocycles. The number of carboxylic acids is 1. The van der Waals surface area contributed by atoms with E-state index >= 15 is 0 Å². The summed E-state index contributed by atoms with van der Waals surface area (Å²) in [5.41, 5.74) is 0. The monoisotopic (exact) mass is 265 g/mol. The predicted octanol–water partition coefficient (Wildman–Crippen LogP) is 2.35. The molecule has 1 amide bonds. The van der Waals surface area contributed by atoms with E-state index in [9.17, 15) is 14.7 Å². The topological polar surface area (TPSA) is 66.4 Å². The molecule has 4 heteroatoms. The van der Waals surface area contributed by atoms with Crippen LogP contribution >= 0.6 is 0 Å². The summed E-state index contributed by atoms with van der Waals surface area (Å²) in [4.78, 5) is 23.4. The predicted molar refractivity (Wildman–Crippen MR) is 72.6 cm³/mol. The van der Waals surface area contributed by atoms with Crippen molar-refractivity contribution in [3.05, 3.63) is 12.2 Å². The minimum absolute atomic E-state index is 0.0729. The molecule has 0 aromatic heterocycles. The number of hydrogen-bond acceptors (Lipinski definition) is 2. The molecule has 1 saturated carbocycles. The van der Waals surface area contributed by atoms with Crippen molar-refractivity contribution in [1.29, 1.82) is 0 Å². The van der Waals surface area contributed by atoms with Gasteiger partial charge in [-0.3, -0.25) is 9.59 Å². The maximum Gasteiger partial charge on any atom is 0.307 e. The van der Waals surface area contributed by atoms with E-state index in [1.54, 1.807) is 0 Å². The first kappa shape index (κ1) is 14.1. The molecule has 106 valence electrons. The maximum atomic E-state index is 12.3. The van der Waals surface area contributed by atoms with Gasteiger partial charge in [-0.25, -0.2) is 0 Å². The van der Waals surface area contributed by atoms with Gasteiger partial charge in [-0.05, 0) is 44.4 Å². The summed E-state index contributed by atoms with van der Waals surface area (Å²) in [6, 6.07) is 0.240. The minimum Gasteiger partial charge on any atom is -0.481 e. The largest absolute Gasteiger partial charge is 0.481 e. The third kappa shape index (κ3) is 3.58. The fourth-order valence-electron chi connectivity index (χ4n) is 3.09. The summed E-state index contributed by atoms with van der Waals surface area (Å²) in [7, 11) is 0. The van der Waals surface area contributed by atoms with E-state index in [0.717, 1.165) is 31.6 Å². The van der Waals surface area contributed by atoms with Gasteiger partial charge in [0.05, 0.1) is 11.8 Å². The Bertz CT molecular complexity index is 370. The van der Waals surface area contributed by atoms with Crippen LogP contribution in [0.4, 0.5) is 0 Å². The summed E-state index contributed by atoms with van der Waals surface area (Å²) >= 11 is 0. The van der Waals surface area contributed by atoms with Gasteiger partial charge < -0.3 is 10.4 Å². The Hall–Kier alpha value is -1.32. The Labute approximate surface area is 114 Å². The Kier molecular flexibility index (Phi) is 4.61. The van der Waals surface area contributed by atoms with E-state index in [-0.39, 0.29) is 11.9 Å². The van der Waals surface area contributed by atoms with Gasteiger partial charge in [0.1, 0.15) is 0 Å². The van der Waals surface area contributed by atoms with Crippen LogP contribution in [0.5, 0.6) is 0 Å². The van der Waals surface area contributed by atoms with Gasteiger partial charge in [-0.1, -0.05) is 19.1 Å². The van der Waals surface area contributed by atoms with Crippen molar-refractivity contribution in [3.63, 3.8) is 0 Å². The lowest BCUT2D eigenvalue weighted by Crippen LogP contribution is -2.44. The number of allylic oxidation sites excluding steroid dienone is 2. The van der Waals surface area contributed by atoms with Crippen molar-refractivity contribution < 1.29 is 14.7 Å². The van der Waals surface area contributed by atoms with Crippen LogP contribution in [0.15, 0.2) is 12.2 Å². The van der Waals surface area contributed by atoms with Gasteiger partial charge in [-0.2, -0.15) is 0 Å². The van der Waals surface area contributed by atoms with Gasteiger partial charge in [0.25, 0.3) is 0 Å². The lowest BCUT2D eigenvalue weighted by molar-refractivity contribution is -0.147. The van der Waals surface area contributed by atoms with Crippen molar-refractivity contribution >= 4 is 11.9 Å². The Morgan fingerprint density at radius 3 is 2.21 bits per heavy atom. The molecule has 0 aliphatic heterocycles. The fraction of sp³-hybridized carbons (Fsp3) is 0.733. The average molecular weight is 265 g/mol. The third-order valence-corrected chi connectivity index (χ3v) is 4.45. The van der Waals surface area contributed by atoms with Crippen molar-refractivity contribution in [2.45, 2.75) is 51.5 Å². The molecule has 2 aliphatic rings.